The Morgan fingerprint density at radius 3 is 2.53 bits per heavy atom. The smallest absolute Gasteiger partial charge is 0.123 e. The van der Waals surface area contributed by atoms with E-state index in [9.17, 15) is 9.50 Å². The summed E-state index contributed by atoms with van der Waals surface area (Å²) in [5.41, 5.74) is 0.429. The summed E-state index contributed by atoms with van der Waals surface area (Å²) in [6, 6.07) is 4.52. The maximum atomic E-state index is 13.1. The van der Waals surface area contributed by atoms with Gasteiger partial charge in [0.25, 0.3) is 0 Å². The monoisotopic (exact) mass is 303 g/mol. The Morgan fingerprint density at radius 1 is 1.41 bits per heavy atom. The molecule has 0 aliphatic rings. The molecule has 1 aromatic carbocycles. The number of rotatable bonds is 4. The molecule has 0 spiro atoms. The molecule has 0 aliphatic carbocycles. The number of likely N-dealkylation sites (N-methyl/N-ethyl adjacent to an activating group) is 1. The highest BCUT2D eigenvalue weighted by Crippen LogP contribution is 2.24. The maximum absolute atomic E-state index is 13.1. The molecule has 1 atom stereocenters. The van der Waals surface area contributed by atoms with Crippen molar-refractivity contribution in [1.29, 1.82) is 0 Å². The first-order valence-corrected chi connectivity index (χ1v) is 6.34. The highest BCUT2D eigenvalue weighted by molar-refractivity contribution is 9.10. The number of aliphatic hydroxyl groups is 1. The molecule has 1 unspecified atom stereocenters. The molecule has 0 bridgehead atoms. The molecule has 0 aliphatic heterocycles. The van der Waals surface area contributed by atoms with Crippen LogP contribution in [-0.2, 0) is 6.42 Å². The molecule has 0 saturated carbocycles. The lowest BCUT2D eigenvalue weighted by Crippen LogP contribution is -2.49. The molecular formula is C13H19BrFNO. The van der Waals surface area contributed by atoms with Crippen LogP contribution in [0, 0.1) is 5.82 Å². The van der Waals surface area contributed by atoms with E-state index >= 15 is 0 Å². The molecule has 2 nitrogen and oxygen atoms in total. The first-order valence-electron chi connectivity index (χ1n) is 5.54. The fraction of sp³-hybridized carbons (Fsp3) is 0.538. The molecule has 4 heteroatoms. The van der Waals surface area contributed by atoms with Gasteiger partial charge in [0.05, 0.1) is 6.10 Å². The molecule has 1 aromatic rings. The van der Waals surface area contributed by atoms with Crippen LogP contribution in [0.15, 0.2) is 22.7 Å². The summed E-state index contributed by atoms with van der Waals surface area (Å²) >= 11 is 3.37. The molecule has 1 N–H and O–H groups in total. The summed E-state index contributed by atoms with van der Waals surface area (Å²) in [7, 11) is 3.84. The average molecular weight is 304 g/mol. The van der Waals surface area contributed by atoms with E-state index in [-0.39, 0.29) is 11.4 Å². The van der Waals surface area contributed by atoms with Crippen LogP contribution in [0.4, 0.5) is 4.39 Å². The van der Waals surface area contributed by atoms with Gasteiger partial charge in [0.15, 0.2) is 0 Å². The molecule has 0 aromatic heterocycles. The van der Waals surface area contributed by atoms with E-state index in [0.717, 1.165) is 10.0 Å². The summed E-state index contributed by atoms with van der Waals surface area (Å²) in [5.74, 6) is -0.280. The van der Waals surface area contributed by atoms with Gasteiger partial charge >= 0.3 is 0 Å². The van der Waals surface area contributed by atoms with Crippen LogP contribution in [0.2, 0.25) is 0 Å². The summed E-state index contributed by atoms with van der Waals surface area (Å²) in [6.07, 6.45) is -0.139. The molecule has 0 fully saturated rings. The highest BCUT2D eigenvalue weighted by Gasteiger charge is 2.30. The van der Waals surface area contributed by atoms with Gasteiger partial charge in [0.1, 0.15) is 5.82 Å². The molecule has 17 heavy (non-hydrogen) atoms. The third-order valence-electron chi connectivity index (χ3n) is 3.39. The first kappa shape index (κ1) is 14.6. The second kappa shape index (κ2) is 5.46. The van der Waals surface area contributed by atoms with E-state index < -0.39 is 6.10 Å². The van der Waals surface area contributed by atoms with Crippen molar-refractivity contribution in [2.24, 2.45) is 0 Å². The molecule has 0 amide bonds. The van der Waals surface area contributed by atoms with Crippen molar-refractivity contribution in [3.63, 3.8) is 0 Å². The average Bonchev–Trinajstić information content (AvgIpc) is 2.23. The predicted octanol–water partition coefficient (Wildman–Crippen LogP) is 2.83. The Labute approximate surface area is 111 Å². The van der Waals surface area contributed by atoms with Gasteiger partial charge < -0.3 is 10.0 Å². The second-order valence-electron chi connectivity index (χ2n) is 5.00. The Bertz CT molecular complexity index is 393. The molecular weight excluding hydrogens is 285 g/mol. The van der Waals surface area contributed by atoms with Crippen molar-refractivity contribution < 1.29 is 9.50 Å². The normalized spacial score (nSPS) is 14.1. The minimum Gasteiger partial charge on any atom is -0.391 e. The van der Waals surface area contributed by atoms with Crippen molar-refractivity contribution in [3.8, 4) is 0 Å². The van der Waals surface area contributed by atoms with Crippen LogP contribution in [0.1, 0.15) is 19.4 Å². The topological polar surface area (TPSA) is 23.5 Å². The van der Waals surface area contributed by atoms with Crippen LogP contribution in [0.3, 0.4) is 0 Å². The number of hydrogen-bond acceptors (Lipinski definition) is 2. The van der Waals surface area contributed by atoms with Crippen LogP contribution in [0.5, 0.6) is 0 Å². The molecule has 1 rings (SSSR count). The van der Waals surface area contributed by atoms with Crippen LogP contribution in [0.25, 0.3) is 0 Å². The second-order valence-corrected chi connectivity index (χ2v) is 5.86. The molecule has 0 saturated heterocycles. The van der Waals surface area contributed by atoms with Crippen LogP contribution in [-0.4, -0.2) is 35.7 Å². The van der Waals surface area contributed by atoms with E-state index in [2.05, 4.69) is 15.9 Å². The van der Waals surface area contributed by atoms with Gasteiger partial charge in [-0.15, -0.1) is 0 Å². The molecule has 0 heterocycles. The van der Waals surface area contributed by atoms with Crippen LogP contribution >= 0.6 is 15.9 Å². The minimum absolute atomic E-state index is 0.280. The van der Waals surface area contributed by atoms with Gasteiger partial charge in [-0.05, 0) is 51.7 Å². The fourth-order valence-corrected chi connectivity index (χ4v) is 1.86. The number of benzene rings is 1. The van der Waals surface area contributed by atoms with Crippen molar-refractivity contribution in [3.05, 3.63) is 34.1 Å². The van der Waals surface area contributed by atoms with Crippen molar-refractivity contribution in [2.45, 2.75) is 31.9 Å². The van der Waals surface area contributed by atoms with Crippen molar-refractivity contribution >= 4 is 15.9 Å². The summed E-state index contributed by atoms with van der Waals surface area (Å²) in [6.45, 7) is 3.93. The van der Waals surface area contributed by atoms with E-state index in [0.29, 0.717) is 6.42 Å². The van der Waals surface area contributed by atoms with Crippen molar-refractivity contribution in [2.75, 3.05) is 14.1 Å². The van der Waals surface area contributed by atoms with E-state index in [1.165, 1.54) is 12.1 Å². The zero-order valence-corrected chi connectivity index (χ0v) is 12.3. The van der Waals surface area contributed by atoms with Gasteiger partial charge in [0.2, 0.25) is 0 Å². The lowest BCUT2D eigenvalue weighted by atomic mass is 9.91. The fourth-order valence-electron chi connectivity index (χ4n) is 1.46. The van der Waals surface area contributed by atoms with Gasteiger partial charge in [-0.25, -0.2) is 4.39 Å². The third kappa shape index (κ3) is 3.50. The number of nitrogens with zero attached hydrogens (tertiary/aromatic N) is 1. The summed E-state index contributed by atoms with van der Waals surface area (Å²) in [4.78, 5) is 1.96. The lowest BCUT2D eigenvalue weighted by Gasteiger charge is -2.37. The van der Waals surface area contributed by atoms with Gasteiger partial charge in [-0.2, -0.15) is 0 Å². The highest BCUT2D eigenvalue weighted by atomic mass is 79.9. The summed E-state index contributed by atoms with van der Waals surface area (Å²) < 4.78 is 14.0. The minimum atomic E-state index is -0.560. The van der Waals surface area contributed by atoms with Crippen LogP contribution < -0.4 is 0 Å². The maximum Gasteiger partial charge on any atom is 0.123 e. The number of halogens is 2. The van der Waals surface area contributed by atoms with Gasteiger partial charge in [-0.1, -0.05) is 15.9 Å². The summed E-state index contributed by atoms with van der Waals surface area (Å²) in [5, 5.41) is 10.2. The first-order chi connectivity index (χ1) is 7.75. The quantitative estimate of drug-likeness (QED) is 0.924. The Morgan fingerprint density at radius 2 is 2.00 bits per heavy atom. The van der Waals surface area contributed by atoms with Gasteiger partial charge in [-0.3, -0.25) is 0 Å². The Hall–Kier alpha value is -0.450. The largest absolute Gasteiger partial charge is 0.391 e. The van der Waals surface area contributed by atoms with Gasteiger partial charge in [0, 0.05) is 16.4 Å². The number of aliphatic hydroxyl groups excluding tert-OH is 1. The van der Waals surface area contributed by atoms with E-state index in [1.807, 2.05) is 32.8 Å². The molecule has 96 valence electrons. The molecule has 0 radical (unpaired) electrons. The number of hydrogen-bond donors (Lipinski definition) is 1. The van der Waals surface area contributed by atoms with Crippen molar-refractivity contribution in [1.82, 2.24) is 4.90 Å². The Kier molecular flexibility index (Phi) is 4.69. The Balaban J connectivity index is 2.88. The predicted molar refractivity (Wildman–Crippen MR) is 71.6 cm³/mol. The SMILES string of the molecule is CN(C)C(C)(C)C(O)Cc1cc(F)ccc1Br. The van der Waals surface area contributed by atoms with E-state index in [1.54, 1.807) is 6.07 Å². The van der Waals surface area contributed by atoms with E-state index in [4.69, 9.17) is 0 Å². The standard InChI is InChI=1S/C13H19BrFNO/c1-13(2,16(3)4)12(17)8-9-7-10(15)5-6-11(9)14/h5-7,12,17H,8H2,1-4H3. The zero-order valence-electron chi connectivity index (χ0n) is 10.7. The lowest BCUT2D eigenvalue weighted by molar-refractivity contribution is 0.0181. The zero-order chi connectivity index (χ0) is 13.2. The third-order valence-corrected chi connectivity index (χ3v) is 4.16.